The first-order chi connectivity index (χ1) is 8.50. The van der Waals surface area contributed by atoms with E-state index in [4.69, 9.17) is 9.90 Å². The smallest absolute Gasteiger partial charge is 0.300 e. The number of hydrogen-bond donors (Lipinski definition) is 3. The number of rotatable bonds is 1. The zero-order valence-corrected chi connectivity index (χ0v) is 9.87. The van der Waals surface area contributed by atoms with Crippen LogP contribution in [0.3, 0.4) is 0 Å². The van der Waals surface area contributed by atoms with Gasteiger partial charge in [-0.2, -0.15) is 0 Å². The molecule has 94 valence electrons. The van der Waals surface area contributed by atoms with E-state index in [1.165, 1.54) is 12.1 Å². The highest BCUT2D eigenvalue weighted by Crippen LogP contribution is 2.31. The zero-order chi connectivity index (χ0) is 13.5. The van der Waals surface area contributed by atoms with Crippen LogP contribution in [0.15, 0.2) is 48.5 Å². The first kappa shape index (κ1) is 13.6. The maximum atomic E-state index is 9.58. The van der Waals surface area contributed by atoms with Gasteiger partial charge in [0.2, 0.25) is 0 Å². The van der Waals surface area contributed by atoms with Crippen molar-refractivity contribution in [3.63, 3.8) is 0 Å². The van der Waals surface area contributed by atoms with Gasteiger partial charge in [0.15, 0.2) is 0 Å². The fourth-order valence-corrected chi connectivity index (χ4v) is 1.37. The van der Waals surface area contributed by atoms with Crippen molar-refractivity contribution in [1.82, 2.24) is 0 Å². The molecule has 0 aliphatic heterocycles. The van der Waals surface area contributed by atoms with Gasteiger partial charge in [-0.05, 0) is 23.8 Å². The molecule has 0 atom stereocenters. The van der Waals surface area contributed by atoms with E-state index in [-0.39, 0.29) is 11.5 Å². The quantitative estimate of drug-likeness (QED) is 0.676. The van der Waals surface area contributed by atoms with Gasteiger partial charge in [-0.1, -0.05) is 30.3 Å². The van der Waals surface area contributed by atoms with Gasteiger partial charge in [0.1, 0.15) is 11.5 Å². The lowest BCUT2D eigenvalue weighted by Gasteiger charge is -2.04. The Balaban J connectivity index is 0.000000357. The molecule has 0 aliphatic carbocycles. The predicted octanol–water partition coefficient (Wildman–Crippen LogP) is 2.86. The lowest BCUT2D eigenvalue weighted by molar-refractivity contribution is -0.134. The molecule has 0 radical (unpaired) electrons. The summed E-state index contributed by atoms with van der Waals surface area (Å²) in [6, 6.07) is 13.9. The largest absolute Gasteiger partial charge is 0.508 e. The minimum atomic E-state index is -0.833. The van der Waals surface area contributed by atoms with Gasteiger partial charge < -0.3 is 15.3 Å². The van der Waals surface area contributed by atoms with E-state index in [1.807, 2.05) is 30.3 Å². The van der Waals surface area contributed by atoms with Crippen LogP contribution in [0.1, 0.15) is 6.92 Å². The van der Waals surface area contributed by atoms with Crippen LogP contribution in [0.25, 0.3) is 11.1 Å². The first-order valence-electron chi connectivity index (χ1n) is 5.27. The van der Waals surface area contributed by atoms with Crippen molar-refractivity contribution in [2.45, 2.75) is 6.92 Å². The van der Waals surface area contributed by atoms with E-state index in [0.717, 1.165) is 12.5 Å². The Hall–Kier alpha value is -2.49. The number of hydrogen-bond acceptors (Lipinski definition) is 3. The van der Waals surface area contributed by atoms with E-state index in [1.54, 1.807) is 6.07 Å². The van der Waals surface area contributed by atoms with Gasteiger partial charge in [-0.25, -0.2) is 0 Å². The Labute approximate surface area is 105 Å². The standard InChI is InChI=1S/C12H10O2.C2H4O2/c13-10-6-7-12(14)11(8-10)9-4-2-1-3-5-9;1-2(3)4/h1-8,13-14H;1H3,(H,3,4). The van der Waals surface area contributed by atoms with Crippen LogP contribution in [-0.2, 0) is 4.79 Å². The molecule has 2 aromatic carbocycles. The molecule has 3 N–H and O–H groups in total. The Morgan fingerprint density at radius 2 is 1.56 bits per heavy atom. The fourth-order valence-electron chi connectivity index (χ4n) is 1.37. The van der Waals surface area contributed by atoms with Crippen LogP contribution in [0.5, 0.6) is 11.5 Å². The molecule has 0 aliphatic rings. The molecular weight excluding hydrogens is 232 g/mol. The molecule has 0 saturated carbocycles. The molecule has 0 aromatic heterocycles. The highest BCUT2D eigenvalue weighted by molar-refractivity contribution is 5.71. The van der Waals surface area contributed by atoms with E-state index >= 15 is 0 Å². The number of aromatic hydroxyl groups is 2. The summed E-state index contributed by atoms with van der Waals surface area (Å²) in [6.07, 6.45) is 0. The Morgan fingerprint density at radius 3 is 2.11 bits per heavy atom. The van der Waals surface area contributed by atoms with Crippen molar-refractivity contribution in [1.29, 1.82) is 0 Å². The molecule has 4 heteroatoms. The van der Waals surface area contributed by atoms with Gasteiger partial charge in [0.05, 0.1) is 0 Å². The van der Waals surface area contributed by atoms with E-state index in [9.17, 15) is 10.2 Å². The number of benzene rings is 2. The van der Waals surface area contributed by atoms with Gasteiger partial charge in [-0.15, -0.1) is 0 Å². The van der Waals surface area contributed by atoms with Crippen LogP contribution < -0.4 is 0 Å². The first-order valence-corrected chi connectivity index (χ1v) is 5.27. The average Bonchev–Trinajstić information content (AvgIpc) is 2.33. The van der Waals surface area contributed by atoms with Crippen molar-refractivity contribution in [2.24, 2.45) is 0 Å². The summed E-state index contributed by atoms with van der Waals surface area (Å²) in [5.74, 6) is -0.504. The molecule has 0 bridgehead atoms. The molecule has 18 heavy (non-hydrogen) atoms. The second-order valence-electron chi connectivity index (χ2n) is 3.59. The van der Waals surface area contributed by atoms with Crippen LogP contribution in [-0.4, -0.2) is 21.3 Å². The Bertz CT molecular complexity index is 517. The predicted molar refractivity (Wildman–Crippen MR) is 68.5 cm³/mol. The summed E-state index contributed by atoms with van der Waals surface area (Å²) >= 11 is 0. The fraction of sp³-hybridized carbons (Fsp3) is 0.0714. The molecule has 0 spiro atoms. The van der Waals surface area contributed by atoms with Gasteiger partial charge >= 0.3 is 0 Å². The summed E-state index contributed by atoms with van der Waals surface area (Å²) in [7, 11) is 0. The van der Waals surface area contributed by atoms with E-state index in [2.05, 4.69) is 0 Å². The zero-order valence-electron chi connectivity index (χ0n) is 9.87. The Kier molecular flexibility index (Phi) is 4.75. The van der Waals surface area contributed by atoms with Crippen molar-refractivity contribution >= 4 is 5.97 Å². The van der Waals surface area contributed by atoms with Gasteiger partial charge in [-0.3, -0.25) is 4.79 Å². The Morgan fingerprint density at radius 1 is 1.00 bits per heavy atom. The summed E-state index contributed by atoms with van der Waals surface area (Å²) in [5, 5.41) is 26.3. The maximum Gasteiger partial charge on any atom is 0.300 e. The van der Waals surface area contributed by atoms with Crippen molar-refractivity contribution < 1.29 is 20.1 Å². The number of carboxylic acids is 1. The molecule has 4 nitrogen and oxygen atoms in total. The number of phenols is 2. The van der Waals surface area contributed by atoms with Crippen LogP contribution >= 0.6 is 0 Å². The van der Waals surface area contributed by atoms with Crippen LogP contribution in [0, 0.1) is 0 Å². The molecule has 0 amide bonds. The number of carboxylic acid groups (broad SMARTS) is 1. The van der Waals surface area contributed by atoms with Crippen molar-refractivity contribution in [2.75, 3.05) is 0 Å². The summed E-state index contributed by atoms with van der Waals surface area (Å²) in [4.78, 5) is 9.00. The summed E-state index contributed by atoms with van der Waals surface area (Å²) in [6.45, 7) is 1.08. The third-order valence-electron chi connectivity index (χ3n) is 2.06. The van der Waals surface area contributed by atoms with Crippen LogP contribution in [0.4, 0.5) is 0 Å². The third-order valence-corrected chi connectivity index (χ3v) is 2.06. The second kappa shape index (κ2) is 6.30. The molecule has 0 fully saturated rings. The number of phenolic OH excluding ortho intramolecular Hbond substituents is 2. The van der Waals surface area contributed by atoms with Gasteiger partial charge in [0, 0.05) is 12.5 Å². The average molecular weight is 246 g/mol. The molecule has 2 aromatic rings. The molecule has 2 rings (SSSR count). The normalized spacial score (nSPS) is 9.17. The topological polar surface area (TPSA) is 77.8 Å². The minimum absolute atomic E-state index is 0.154. The van der Waals surface area contributed by atoms with E-state index in [0.29, 0.717) is 5.56 Å². The number of carbonyl (C=O) groups is 1. The minimum Gasteiger partial charge on any atom is -0.508 e. The monoisotopic (exact) mass is 246 g/mol. The second-order valence-corrected chi connectivity index (χ2v) is 3.59. The molecular formula is C14H14O4. The highest BCUT2D eigenvalue weighted by Gasteiger charge is 2.03. The van der Waals surface area contributed by atoms with E-state index < -0.39 is 5.97 Å². The molecule has 0 heterocycles. The third kappa shape index (κ3) is 4.17. The van der Waals surface area contributed by atoms with Crippen molar-refractivity contribution in [3.05, 3.63) is 48.5 Å². The lowest BCUT2D eigenvalue weighted by atomic mass is 10.0. The molecule has 0 unspecified atom stereocenters. The van der Waals surface area contributed by atoms with Crippen LogP contribution in [0.2, 0.25) is 0 Å². The SMILES string of the molecule is CC(=O)O.Oc1ccc(O)c(-c2ccccc2)c1. The maximum absolute atomic E-state index is 9.58. The molecule has 0 saturated heterocycles. The van der Waals surface area contributed by atoms with Crippen molar-refractivity contribution in [3.8, 4) is 22.6 Å². The highest BCUT2D eigenvalue weighted by atomic mass is 16.4. The lowest BCUT2D eigenvalue weighted by Crippen LogP contribution is -1.78. The number of aliphatic carboxylic acids is 1. The van der Waals surface area contributed by atoms with Gasteiger partial charge in [0.25, 0.3) is 5.97 Å². The summed E-state index contributed by atoms with van der Waals surface area (Å²) in [5.41, 5.74) is 1.53. The summed E-state index contributed by atoms with van der Waals surface area (Å²) < 4.78 is 0.